The zero-order chi connectivity index (χ0) is 13.3. The van der Waals surface area contributed by atoms with Gasteiger partial charge in [0.05, 0.1) is 0 Å². The Bertz CT molecular complexity index is 593. The molecule has 0 spiro atoms. The summed E-state index contributed by atoms with van der Waals surface area (Å²) in [4.78, 5) is 12.9. The van der Waals surface area contributed by atoms with Crippen LogP contribution in [-0.2, 0) is 0 Å². The third kappa shape index (κ3) is 2.26. The molecule has 0 N–H and O–H groups in total. The summed E-state index contributed by atoms with van der Waals surface area (Å²) < 4.78 is 1.96. The van der Waals surface area contributed by atoms with Crippen LogP contribution in [0.15, 0.2) is 18.2 Å². The third-order valence-corrected chi connectivity index (χ3v) is 5.75. The average Bonchev–Trinajstić information content (AvgIpc) is 2.76. The van der Waals surface area contributed by atoms with E-state index in [4.69, 9.17) is 11.6 Å². The van der Waals surface area contributed by atoms with Gasteiger partial charge in [-0.2, -0.15) is 0 Å². The van der Waals surface area contributed by atoms with Crippen molar-refractivity contribution < 1.29 is 4.92 Å². The van der Waals surface area contributed by atoms with Gasteiger partial charge in [-0.15, -0.1) is 0 Å². The molecular weight excluding hydrogens is 319 g/mol. The predicted octanol–water partition coefficient (Wildman–Crippen LogP) is 3.30. The summed E-state index contributed by atoms with van der Waals surface area (Å²) in [5, 5.41) is 12.4. The number of anilines is 1. The van der Waals surface area contributed by atoms with Crippen molar-refractivity contribution in [1.29, 1.82) is 0 Å². The van der Waals surface area contributed by atoms with E-state index in [2.05, 4.69) is 18.7 Å². The molecule has 18 heavy (non-hydrogen) atoms. The molecule has 1 aromatic carbocycles. The van der Waals surface area contributed by atoms with E-state index in [1.165, 1.54) is 10.6 Å². The van der Waals surface area contributed by atoms with Gasteiger partial charge in [0, 0.05) is 0 Å². The summed E-state index contributed by atoms with van der Waals surface area (Å²) in [6.07, 6.45) is 0. The van der Waals surface area contributed by atoms with Crippen LogP contribution in [0.5, 0.6) is 0 Å². The molecule has 2 rings (SSSR count). The summed E-state index contributed by atoms with van der Waals surface area (Å²) in [6, 6.07) is 5.11. The van der Waals surface area contributed by atoms with Gasteiger partial charge < -0.3 is 0 Å². The second-order valence-electron chi connectivity index (χ2n) is 3.82. The average molecular weight is 332 g/mol. The molecular formula is C12H13ClN2O2Se. The van der Waals surface area contributed by atoms with Gasteiger partial charge >= 0.3 is 116 Å². The van der Waals surface area contributed by atoms with E-state index in [1.807, 2.05) is 6.07 Å². The second kappa shape index (κ2) is 5.31. The van der Waals surface area contributed by atoms with Crippen LogP contribution in [0.3, 0.4) is 0 Å². The SMILES string of the molecule is CCN(CC)c1cc2c(Cl)ccc([N+](=O)[O-])c2[se]1. The van der Waals surface area contributed by atoms with Crippen molar-refractivity contribution >= 4 is 46.0 Å². The van der Waals surface area contributed by atoms with Crippen molar-refractivity contribution in [1.82, 2.24) is 0 Å². The summed E-state index contributed by atoms with van der Waals surface area (Å²) in [7, 11) is 0. The molecule has 0 aliphatic carbocycles. The van der Waals surface area contributed by atoms with Gasteiger partial charge in [-0.1, -0.05) is 0 Å². The first-order valence-corrected chi connectivity index (χ1v) is 7.79. The Kier molecular flexibility index (Phi) is 3.95. The summed E-state index contributed by atoms with van der Waals surface area (Å²) >= 11 is 6.09. The Labute approximate surface area is 116 Å². The molecule has 6 heteroatoms. The molecule has 1 aromatic heterocycles. The van der Waals surface area contributed by atoms with Gasteiger partial charge in [0.15, 0.2) is 0 Å². The zero-order valence-electron chi connectivity index (χ0n) is 10.1. The molecule has 0 atom stereocenters. The zero-order valence-corrected chi connectivity index (χ0v) is 12.6. The fraction of sp³-hybridized carbons (Fsp3) is 0.333. The minimum absolute atomic E-state index is 0.0331. The van der Waals surface area contributed by atoms with E-state index in [9.17, 15) is 10.1 Å². The van der Waals surface area contributed by atoms with Crippen LogP contribution >= 0.6 is 11.6 Å². The number of hydrogen-bond donors (Lipinski definition) is 0. The Morgan fingerprint density at radius 2 is 2.06 bits per heavy atom. The van der Waals surface area contributed by atoms with Gasteiger partial charge in [-0.05, 0) is 0 Å². The first-order chi connectivity index (χ1) is 8.58. The van der Waals surface area contributed by atoms with Gasteiger partial charge in [-0.25, -0.2) is 0 Å². The van der Waals surface area contributed by atoms with Crippen LogP contribution in [0.2, 0.25) is 5.02 Å². The number of halogens is 1. The van der Waals surface area contributed by atoms with E-state index in [0.717, 1.165) is 22.7 Å². The van der Waals surface area contributed by atoms with Crippen molar-refractivity contribution in [2.24, 2.45) is 0 Å². The number of nitro groups is 1. The van der Waals surface area contributed by atoms with Crippen LogP contribution < -0.4 is 4.90 Å². The quantitative estimate of drug-likeness (QED) is 0.490. The Morgan fingerprint density at radius 3 is 2.61 bits per heavy atom. The van der Waals surface area contributed by atoms with Crippen LogP contribution in [0.25, 0.3) is 9.65 Å². The Morgan fingerprint density at radius 1 is 1.39 bits per heavy atom. The Balaban J connectivity index is 2.65. The van der Waals surface area contributed by atoms with Crippen molar-refractivity contribution in [3.8, 4) is 0 Å². The number of fused-ring (bicyclic) bond motifs is 1. The number of non-ortho nitro benzene ring substituents is 1. The fourth-order valence-corrected chi connectivity index (χ4v) is 4.96. The standard InChI is InChI=1S/C12H13ClN2O2Se/c1-3-14(4-2)11-7-8-9(13)5-6-10(15(16)17)12(8)18-11/h5-7H,3-4H2,1-2H3. The third-order valence-electron chi connectivity index (χ3n) is 2.87. The van der Waals surface area contributed by atoms with Crippen molar-refractivity contribution in [3.63, 3.8) is 0 Å². The first-order valence-electron chi connectivity index (χ1n) is 5.69. The minimum atomic E-state index is -0.323. The number of nitro benzene ring substituents is 1. The van der Waals surface area contributed by atoms with Crippen molar-refractivity contribution in [2.75, 3.05) is 18.0 Å². The summed E-state index contributed by atoms with van der Waals surface area (Å²) in [6.45, 7) is 5.98. The van der Waals surface area contributed by atoms with Crippen LogP contribution in [0.1, 0.15) is 13.8 Å². The van der Waals surface area contributed by atoms with Gasteiger partial charge in [0.25, 0.3) is 0 Å². The molecule has 0 fully saturated rings. The van der Waals surface area contributed by atoms with Crippen LogP contribution in [-0.4, -0.2) is 32.5 Å². The Hall–Kier alpha value is -1.03. The molecule has 0 aliphatic heterocycles. The monoisotopic (exact) mass is 332 g/mol. The van der Waals surface area contributed by atoms with Gasteiger partial charge in [0.2, 0.25) is 0 Å². The first kappa shape index (κ1) is 13.4. The maximum atomic E-state index is 11.0. The van der Waals surface area contributed by atoms with E-state index in [0.29, 0.717) is 5.02 Å². The van der Waals surface area contributed by atoms with E-state index < -0.39 is 0 Å². The second-order valence-corrected chi connectivity index (χ2v) is 6.39. The summed E-state index contributed by atoms with van der Waals surface area (Å²) in [5.41, 5.74) is 0.188. The molecule has 0 amide bonds. The molecule has 0 saturated heterocycles. The molecule has 1 heterocycles. The van der Waals surface area contributed by atoms with E-state index in [-0.39, 0.29) is 25.1 Å². The number of benzene rings is 1. The number of rotatable bonds is 4. The van der Waals surface area contributed by atoms with Crippen molar-refractivity contribution in [2.45, 2.75) is 13.8 Å². The fourth-order valence-electron chi connectivity index (χ4n) is 1.90. The van der Waals surface area contributed by atoms with Gasteiger partial charge in [0.1, 0.15) is 0 Å². The molecule has 0 unspecified atom stereocenters. The van der Waals surface area contributed by atoms with Crippen molar-refractivity contribution in [3.05, 3.63) is 33.3 Å². The molecule has 0 bridgehead atoms. The van der Waals surface area contributed by atoms with E-state index >= 15 is 0 Å². The van der Waals surface area contributed by atoms with E-state index in [1.54, 1.807) is 6.07 Å². The van der Waals surface area contributed by atoms with Crippen LogP contribution in [0, 0.1) is 10.1 Å². The predicted molar refractivity (Wildman–Crippen MR) is 76.1 cm³/mol. The number of hydrogen-bond acceptors (Lipinski definition) is 3. The molecule has 0 saturated carbocycles. The maximum absolute atomic E-state index is 11.0. The molecule has 2 aromatic rings. The normalized spacial score (nSPS) is 10.8. The topological polar surface area (TPSA) is 46.4 Å². The van der Waals surface area contributed by atoms with Crippen LogP contribution in [0.4, 0.5) is 10.2 Å². The molecule has 96 valence electrons. The molecule has 4 nitrogen and oxygen atoms in total. The molecule has 0 aliphatic rings. The number of nitrogens with zero attached hydrogens (tertiary/aromatic N) is 2. The van der Waals surface area contributed by atoms with Gasteiger partial charge in [-0.3, -0.25) is 0 Å². The molecule has 0 radical (unpaired) electrons. The summed E-state index contributed by atoms with van der Waals surface area (Å²) in [5.74, 6) is 0.